The molecule has 20 heavy (non-hydrogen) atoms. The van der Waals surface area contributed by atoms with Gasteiger partial charge in [0.2, 0.25) is 5.88 Å². The second-order valence-corrected chi connectivity index (χ2v) is 4.53. The van der Waals surface area contributed by atoms with Crippen molar-refractivity contribution in [3.8, 4) is 5.88 Å². The Morgan fingerprint density at radius 2 is 2.05 bits per heavy atom. The average molecular weight is 272 g/mol. The van der Waals surface area contributed by atoms with E-state index in [1.165, 1.54) is 5.56 Å². The van der Waals surface area contributed by atoms with Crippen LogP contribution >= 0.6 is 0 Å². The van der Waals surface area contributed by atoms with Gasteiger partial charge >= 0.3 is 0 Å². The Hall–Kier alpha value is -2.14. The topological polar surface area (TPSA) is 64.3 Å². The third-order valence-electron chi connectivity index (χ3n) is 2.93. The van der Waals surface area contributed by atoms with Crippen LogP contribution in [0.2, 0.25) is 0 Å². The molecule has 0 saturated heterocycles. The van der Waals surface area contributed by atoms with Crippen LogP contribution in [-0.4, -0.2) is 23.6 Å². The minimum absolute atomic E-state index is 0.549. The summed E-state index contributed by atoms with van der Waals surface area (Å²) in [7, 11) is 1.98. The molecule has 0 bridgehead atoms. The van der Waals surface area contributed by atoms with E-state index in [0.717, 1.165) is 17.9 Å². The van der Waals surface area contributed by atoms with Gasteiger partial charge in [0.1, 0.15) is 0 Å². The average Bonchev–Trinajstić information content (AvgIpc) is 2.48. The summed E-state index contributed by atoms with van der Waals surface area (Å²) < 4.78 is 5.37. The van der Waals surface area contributed by atoms with Gasteiger partial charge in [-0.05, 0) is 18.1 Å². The van der Waals surface area contributed by atoms with Crippen molar-refractivity contribution in [1.82, 2.24) is 9.97 Å². The third-order valence-corrected chi connectivity index (χ3v) is 2.93. The number of hydrogen-bond acceptors (Lipinski definition) is 5. The van der Waals surface area contributed by atoms with Crippen LogP contribution in [0, 0.1) is 0 Å². The number of aromatic nitrogens is 2. The molecular formula is C15H20N4O. The number of nitrogens with two attached hydrogens (primary N) is 1. The fourth-order valence-corrected chi connectivity index (χ4v) is 1.95. The van der Waals surface area contributed by atoms with Crippen LogP contribution in [0.4, 0.5) is 5.82 Å². The molecule has 2 rings (SSSR count). The first kappa shape index (κ1) is 14.3. The molecule has 2 N–H and O–H groups in total. The predicted octanol–water partition coefficient (Wildman–Crippen LogP) is 1.97. The zero-order valence-corrected chi connectivity index (χ0v) is 11.9. The summed E-state index contributed by atoms with van der Waals surface area (Å²) in [6.45, 7) is 3.81. The fraction of sp³-hybridized carbons (Fsp3) is 0.333. The molecule has 0 aliphatic carbocycles. The lowest BCUT2D eigenvalue weighted by molar-refractivity contribution is 0.325. The van der Waals surface area contributed by atoms with Gasteiger partial charge in [-0.3, -0.25) is 4.98 Å². The van der Waals surface area contributed by atoms with Gasteiger partial charge in [0.25, 0.3) is 0 Å². The van der Waals surface area contributed by atoms with Crippen molar-refractivity contribution >= 4 is 5.82 Å². The number of anilines is 1. The number of hydrogen-bond donors (Lipinski definition) is 1. The van der Waals surface area contributed by atoms with Gasteiger partial charge in [0.15, 0.2) is 5.82 Å². The van der Waals surface area contributed by atoms with E-state index in [1.807, 2.05) is 31.0 Å². The van der Waals surface area contributed by atoms with Crippen molar-refractivity contribution in [2.75, 3.05) is 18.6 Å². The molecule has 0 spiro atoms. The van der Waals surface area contributed by atoms with Crippen molar-refractivity contribution in [2.24, 2.45) is 5.73 Å². The summed E-state index contributed by atoms with van der Waals surface area (Å²) in [5.41, 5.74) is 7.98. The summed E-state index contributed by atoms with van der Waals surface area (Å²) in [6.07, 6.45) is 3.35. The summed E-state index contributed by atoms with van der Waals surface area (Å²) in [5, 5.41) is 0. The minimum atomic E-state index is 0.549. The normalized spacial score (nSPS) is 10.3. The lowest BCUT2D eigenvalue weighted by atomic mass is 10.1. The van der Waals surface area contributed by atoms with Crippen LogP contribution in [0.3, 0.4) is 0 Å². The van der Waals surface area contributed by atoms with Gasteiger partial charge in [0.05, 0.1) is 19.0 Å². The molecule has 5 nitrogen and oxygen atoms in total. The smallest absolute Gasteiger partial charge is 0.234 e. The Morgan fingerprint density at radius 3 is 2.80 bits per heavy atom. The molecule has 0 radical (unpaired) electrons. The zero-order valence-electron chi connectivity index (χ0n) is 11.9. The van der Waals surface area contributed by atoms with Crippen molar-refractivity contribution < 1.29 is 4.74 Å². The number of benzene rings is 1. The van der Waals surface area contributed by atoms with Crippen LogP contribution in [0.15, 0.2) is 36.7 Å². The van der Waals surface area contributed by atoms with Gasteiger partial charge in [-0.25, -0.2) is 0 Å². The summed E-state index contributed by atoms with van der Waals surface area (Å²) in [5.74, 6) is 1.33. The van der Waals surface area contributed by atoms with Gasteiger partial charge in [0, 0.05) is 20.1 Å². The maximum absolute atomic E-state index is 5.66. The van der Waals surface area contributed by atoms with Crippen molar-refractivity contribution in [2.45, 2.75) is 20.0 Å². The maximum atomic E-state index is 5.66. The Labute approximate surface area is 119 Å². The Balaban J connectivity index is 2.10. The highest BCUT2D eigenvalue weighted by molar-refractivity contribution is 5.38. The number of nitrogens with zero attached hydrogens (tertiary/aromatic N) is 3. The van der Waals surface area contributed by atoms with Crippen LogP contribution in [0.5, 0.6) is 5.88 Å². The van der Waals surface area contributed by atoms with Crippen LogP contribution in [0.25, 0.3) is 0 Å². The standard InChI is InChI=1S/C15H20N4O/c1-3-20-15-10-17-9-14(18-15)19(2)11-13-6-4-5-12(7-13)8-16/h4-7,9-10H,3,8,11,16H2,1-2H3. The predicted molar refractivity (Wildman–Crippen MR) is 79.6 cm³/mol. The van der Waals surface area contributed by atoms with E-state index in [4.69, 9.17) is 10.5 Å². The first-order chi connectivity index (χ1) is 9.72. The maximum Gasteiger partial charge on any atom is 0.234 e. The monoisotopic (exact) mass is 272 g/mol. The van der Waals surface area contributed by atoms with E-state index in [2.05, 4.69) is 22.1 Å². The number of rotatable bonds is 6. The van der Waals surface area contributed by atoms with Crippen molar-refractivity contribution in [3.05, 3.63) is 47.8 Å². The van der Waals surface area contributed by atoms with Gasteiger partial charge in [-0.2, -0.15) is 4.98 Å². The van der Waals surface area contributed by atoms with E-state index in [-0.39, 0.29) is 0 Å². The second-order valence-electron chi connectivity index (χ2n) is 4.53. The van der Waals surface area contributed by atoms with Gasteiger partial charge in [-0.1, -0.05) is 24.3 Å². The van der Waals surface area contributed by atoms with E-state index < -0.39 is 0 Å². The number of ether oxygens (including phenoxy) is 1. The minimum Gasteiger partial charge on any atom is -0.477 e. The molecule has 1 aromatic carbocycles. The molecule has 0 aliphatic rings. The molecule has 0 amide bonds. The van der Waals surface area contributed by atoms with Gasteiger partial charge < -0.3 is 15.4 Å². The highest BCUT2D eigenvalue weighted by Crippen LogP contribution is 2.15. The molecule has 106 valence electrons. The molecule has 0 atom stereocenters. The van der Waals surface area contributed by atoms with Crippen LogP contribution in [-0.2, 0) is 13.1 Å². The molecular weight excluding hydrogens is 252 g/mol. The molecule has 1 aromatic heterocycles. The van der Waals surface area contributed by atoms with E-state index >= 15 is 0 Å². The Bertz CT molecular complexity index is 559. The van der Waals surface area contributed by atoms with E-state index in [1.54, 1.807) is 12.4 Å². The van der Waals surface area contributed by atoms with Crippen LogP contribution < -0.4 is 15.4 Å². The highest BCUT2D eigenvalue weighted by Gasteiger charge is 2.06. The zero-order chi connectivity index (χ0) is 14.4. The van der Waals surface area contributed by atoms with Crippen molar-refractivity contribution in [3.63, 3.8) is 0 Å². The summed E-state index contributed by atoms with van der Waals surface area (Å²) in [6, 6.07) is 8.23. The molecule has 0 saturated carbocycles. The highest BCUT2D eigenvalue weighted by atomic mass is 16.5. The van der Waals surface area contributed by atoms with Crippen molar-refractivity contribution in [1.29, 1.82) is 0 Å². The third kappa shape index (κ3) is 3.68. The molecule has 0 fully saturated rings. The van der Waals surface area contributed by atoms with E-state index in [0.29, 0.717) is 19.0 Å². The first-order valence-corrected chi connectivity index (χ1v) is 6.66. The molecule has 1 heterocycles. The summed E-state index contributed by atoms with van der Waals surface area (Å²) in [4.78, 5) is 10.6. The first-order valence-electron chi connectivity index (χ1n) is 6.66. The molecule has 2 aromatic rings. The fourth-order valence-electron chi connectivity index (χ4n) is 1.95. The lowest BCUT2D eigenvalue weighted by Crippen LogP contribution is -2.18. The second kappa shape index (κ2) is 6.86. The summed E-state index contributed by atoms with van der Waals surface area (Å²) >= 11 is 0. The largest absolute Gasteiger partial charge is 0.477 e. The van der Waals surface area contributed by atoms with Gasteiger partial charge in [-0.15, -0.1) is 0 Å². The SMILES string of the molecule is CCOc1cncc(N(C)Cc2cccc(CN)c2)n1. The Morgan fingerprint density at radius 1 is 1.25 bits per heavy atom. The van der Waals surface area contributed by atoms with Crippen LogP contribution in [0.1, 0.15) is 18.1 Å². The molecule has 5 heteroatoms. The quantitative estimate of drug-likeness (QED) is 0.871. The molecule has 0 unspecified atom stereocenters. The molecule has 0 aliphatic heterocycles. The Kier molecular flexibility index (Phi) is 4.90. The lowest BCUT2D eigenvalue weighted by Gasteiger charge is -2.18. The van der Waals surface area contributed by atoms with E-state index in [9.17, 15) is 0 Å².